The smallest absolute Gasteiger partial charge is 0.0860 e. The van der Waals surface area contributed by atoms with Crippen molar-refractivity contribution in [3.8, 4) is 0 Å². The third kappa shape index (κ3) is 5.68. The summed E-state index contributed by atoms with van der Waals surface area (Å²) in [7, 11) is 0. The molecule has 126 valence electrons. The first-order valence-electron chi connectivity index (χ1n) is 8.48. The fourth-order valence-electron chi connectivity index (χ4n) is 2.96. The number of aromatic nitrogens is 1. The van der Waals surface area contributed by atoms with Crippen molar-refractivity contribution < 1.29 is 0 Å². The van der Waals surface area contributed by atoms with E-state index in [1.54, 1.807) is 0 Å². The van der Waals surface area contributed by atoms with Crippen LogP contribution in [-0.2, 0) is 0 Å². The van der Waals surface area contributed by atoms with Crippen molar-refractivity contribution in [2.45, 2.75) is 19.3 Å². The molecule has 2 heterocycles. The maximum absolute atomic E-state index is 5.62. The fraction of sp³-hybridized carbons (Fsp3) is 0.556. The van der Waals surface area contributed by atoms with E-state index < -0.39 is 0 Å². The summed E-state index contributed by atoms with van der Waals surface area (Å²) in [4.78, 5) is 10.4. The first-order chi connectivity index (χ1) is 11.2. The minimum Gasteiger partial charge on any atom is -0.376 e. The minimum atomic E-state index is 0.142. The van der Waals surface area contributed by atoms with E-state index in [1.807, 2.05) is 24.4 Å². The largest absolute Gasteiger partial charge is 0.376 e. The van der Waals surface area contributed by atoms with Gasteiger partial charge in [0.05, 0.1) is 16.6 Å². The highest BCUT2D eigenvalue weighted by atomic mass is 32.1. The molecule has 1 aromatic rings. The fourth-order valence-corrected chi connectivity index (χ4v) is 3.24. The first-order valence-corrected chi connectivity index (χ1v) is 8.89. The molecule has 0 amide bonds. The molecule has 1 aliphatic heterocycles. The zero-order valence-electron chi connectivity index (χ0n) is 14.1. The van der Waals surface area contributed by atoms with Gasteiger partial charge in [0.2, 0.25) is 0 Å². The maximum Gasteiger partial charge on any atom is 0.0860 e. The van der Waals surface area contributed by atoms with Gasteiger partial charge in [0.15, 0.2) is 0 Å². The van der Waals surface area contributed by atoms with Gasteiger partial charge in [0.1, 0.15) is 0 Å². The molecule has 1 atom stereocenters. The Bertz CT molecular complexity index is 483. The molecular formula is C18H28N4S. The van der Waals surface area contributed by atoms with Crippen LogP contribution in [0, 0.1) is 0 Å². The second-order valence-corrected chi connectivity index (χ2v) is 6.42. The summed E-state index contributed by atoms with van der Waals surface area (Å²) in [5.74, 6) is 0.142. The van der Waals surface area contributed by atoms with Crippen LogP contribution in [0.2, 0.25) is 0 Å². The van der Waals surface area contributed by atoms with Crippen molar-refractivity contribution in [3.63, 3.8) is 0 Å². The molecule has 0 spiro atoms. The summed E-state index contributed by atoms with van der Waals surface area (Å²) in [6.45, 7) is 13.3. The molecule has 1 fully saturated rings. The number of hydrogen-bond acceptors (Lipinski definition) is 4. The molecule has 23 heavy (non-hydrogen) atoms. The van der Waals surface area contributed by atoms with Crippen molar-refractivity contribution in [1.29, 1.82) is 0 Å². The predicted molar refractivity (Wildman–Crippen MR) is 101 cm³/mol. The Hall–Kier alpha value is -1.30. The number of thiocarbonyl (C=S) groups is 1. The quantitative estimate of drug-likeness (QED) is 0.583. The topological polar surface area (TPSA) is 31.4 Å². The first kappa shape index (κ1) is 18.0. The average Bonchev–Trinajstić information content (AvgIpc) is 2.60. The molecule has 4 nitrogen and oxygen atoms in total. The lowest BCUT2D eigenvalue weighted by Gasteiger charge is -2.36. The Kier molecular flexibility index (Phi) is 7.65. The van der Waals surface area contributed by atoms with E-state index in [1.165, 1.54) is 13.0 Å². The van der Waals surface area contributed by atoms with Gasteiger partial charge in [-0.25, -0.2) is 0 Å². The number of nitrogens with zero attached hydrogens (tertiary/aromatic N) is 3. The summed E-state index contributed by atoms with van der Waals surface area (Å²) in [5.41, 5.74) is 1.05. The van der Waals surface area contributed by atoms with Crippen molar-refractivity contribution in [1.82, 2.24) is 20.1 Å². The summed E-state index contributed by atoms with van der Waals surface area (Å²) in [6, 6.07) is 6.05. The van der Waals surface area contributed by atoms with Crippen LogP contribution in [-0.4, -0.2) is 65.6 Å². The van der Waals surface area contributed by atoms with Gasteiger partial charge in [0.25, 0.3) is 0 Å². The monoisotopic (exact) mass is 332 g/mol. The Labute approximate surface area is 145 Å². The van der Waals surface area contributed by atoms with Crippen LogP contribution in [0.15, 0.2) is 37.1 Å². The van der Waals surface area contributed by atoms with E-state index in [4.69, 9.17) is 12.2 Å². The van der Waals surface area contributed by atoms with Crippen LogP contribution >= 0.6 is 12.2 Å². The zero-order chi connectivity index (χ0) is 16.5. The molecule has 1 N–H and O–H groups in total. The van der Waals surface area contributed by atoms with Crippen LogP contribution in [0.25, 0.3) is 0 Å². The highest BCUT2D eigenvalue weighted by Gasteiger charge is 2.24. The van der Waals surface area contributed by atoms with E-state index in [0.29, 0.717) is 6.54 Å². The highest BCUT2D eigenvalue weighted by Crippen LogP contribution is 2.17. The Balaban J connectivity index is 1.98. The lowest BCUT2D eigenvalue weighted by molar-refractivity contribution is 0.131. The van der Waals surface area contributed by atoms with E-state index in [0.717, 1.165) is 43.4 Å². The maximum atomic E-state index is 5.62. The molecule has 0 radical (unpaired) electrons. The lowest BCUT2D eigenvalue weighted by atomic mass is 10.0. The molecule has 1 saturated heterocycles. The van der Waals surface area contributed by atoms with E-state index >= 15 is 0 Å². The molecule has 0 saturated carbocycles. The van der Waals surface area contributed by atoms with Crippen LogP contribution < -0.4 is 5.32 Å². The second kappa shape index (κ2) is 9.75. The molecule has 2 rings (SSSR count). The number of pyridine rings is 1. The van der Waals surface area contributed by atoms with Crippen LogP contribution in [0.4, 0.5) is 0 Å². The Morgan fingerprint density at radius 3 is 2.70 bits per heavy atom. The summed E-state index contributed by atoms with van der Waals surface area (Å²) in [6.07, 6.45) is 4.91. The van der Waals surface area contributed by atoms with Gasteiger partial charge in [-0.3, -0.25) is 9.88 Å². The molecule has 5 heteroatoms. The molecule has 0 aromatic carbocycles. The van der Waals surface area contributed by atoms with Crippen LogP contribution in [0.1, 0.15) is 25.0 Å². The van der Waals surface area contributed by atoms with Gasteiger partial charge in [-0.15, -0.1) is 6.58 Å². The molecule has 1 aliphatic rings. The van der Waals surface area contributed by atoms with E-state index in [-0.39, 0.29) is 5.92 Å². The number of piperazine rings is 1. The number of rotatable bonds is 8. The van der Waals surface area contributed by atoms with Gasteiger partial charge in [-0.05, 0) is 25.1 Å². The van der Waals surface area contributed by atoms with E-state index in [9.17, 15) is 0 Å². The molecule has 0 bridgehead atoms. The third-order valence-electron chi connectivity index (χ3n) is 4.23. The number of hydrogen-bond donors (Lipinski definition) is 1. The molecule has 0 aliphatic carbocycles. The Morgan fingerprint density at radius 1 is 1.35 bits per heavy atom. The van der Waals surface area contributed by atoms with Crippen molar-refractivity contribution >= 4 is 17.2 Å². The summed E-state index contributed by atoms with van der Waals surface area (Å²) < 4.78 is 0. The predicted octanol–water partition coefficient (Wildman–Crippen LogP) is 2.30. The number of nitrogens with one attached hydrogen (secondary N) is 1. The van der Waals surface area contributed by atoms with Crippen molar-refractivity contribution in [2.75, 3.05) is 45.8 Å². The highest BCUT2D eigenvalue weighted by molar-refractivity contribution is 7.80. The van der Waals surface area contributed by atoms with Gasteiger partial charge in [0, 0.05) is 45.5 Å². The molecule has 1 aromatic heterocycles. The van der Waals surface area contributed by atoms with Gasteiger partial charge in [-0.1, -0.05) is 31.3 Å². The average molecular weight is 333 g/mol. The third-order valence-corrected chi connectivity index (χ3v) is 4.66. The van der Waals surface area contributed by atoms with Crippen molar-refractivity contribution in [2.24, 2.45) is 0 Å². The van der Waals surface area contributed by atoms with Crippen LogP contribution in [0.3, 0.4) is 0 Å². The minimum absolute atomic E-state index is 0.142. The normalized spacial score (nSPS) is 17.6. The van der Waals surface area contributed by atoms with Gasteiger partial charge >= 0.3 is 0 Å². The Morgan fingerprint density at radius 2 is 2.09 bits per heavy atom. The zero-order valence-corrected chi connectivity index (χ0v) is 14.9. The van der Waals surface area contributed by atoms with Gasteiger partial charge < -0.3 is 10.2 Å². The summed E-state index contributed by atoms with van der Waals surface area (Å²) >= 11 is 5.62. The standard InChI is InChI=1S/C18H28N4S/c1-3-8-20-18(23)16(17-7-5-6-9-19-17)15-22-13-11-21(10-4-2)12-14-22/h3,5-7,9,16H,1,4,8,10-15H2,2H3,(H,20,23). The summed E-state index contributed by atoms with van der Waals surface area (Å²) in [5, 5.41) is 3.29. The van der Waals surface area contributed by atoms with E-state index in [2.05, 4.69) is 39.7 Å². The lowest BCUT2D eigenvalue weighted by Crippen LogP contribution is -2.48. The second-order valence-electron chi connectivity index (χ2n) is 5.98. The molecular weight excluding hydrogens is 304 g/mol. The van der Waals surface area contributed by atoms with Crippen LogP contribution in [0.5, 0.6) is 0 Å². The SMILES string of the molecule is C=CCNC(=S)C(CN1CCN(CCC)CC1)c1ccccn1. The van der Waals surface area contributed by atoms with Gasteiger partial charge in [-0.2, -0.15) is 0 Å². The molecule has 1 unspecified atom stereocenters. The van der Waals surface area contributed by atoms with Crippen molar-refractivity contribution in [3.05, 3.63) is 42.7 Å².